The number of benzene rings is 2. The van der Waals surface area contributed by atoms with Gasteiger partial charge in [-0.05, 0) is 78.7 Å². The van der Waals surface area contributed by atoms with Crippen molar-refractivity contribution < 1.29 is 4.79 Å². The number of carbonyl (C=O) groups is 1. The molecule has 29 heavy (non-hydrogen) atoms. The van der Waals surface area contributed by atoms with Crippen molar-refractivity contribution in [2.75, 3.05) is 11.9 Å². The van der Waals surface area contributed by atoms with Crippen LogP contribution in [0.2, 0.25) is 0 Å². The van der Waals surface area contributed by atoms with Gasteiger partial charge in [0.2, 0.25) is 0 Å². The third-order valence-corrected chi connectivity index (χ3v) is 7.57. The van der Waals surface area contributed by atoms with Gasteiger partial charge in [0, 0.05) is 17.8 Å². The van der Waals surface area contributed by atoms with Crippen LogP contribution in [0.5, 0.6) is 0 Å². The van der Waals surface area contributed by atoms with Crippen LogP contribution in [0.15, 0.2) is 48.5 Å². The highest BCUT2D eigenvalue weighted by Crippen LogP contribution is 2.63. The molecule has 152 valence electrons. The highest BCUT2D eigenvalue weighted by Gasteiger charge is 2.53. The summed E-state index contributed by atoms with van der Waals surface area (Å²) in [6, 6.07) is 17.7. The minimum Gasteiger partial charge on any atom is -0.378 e. The van der Waals surface area contributed by atoms with Gasteiger partial charge in [0.05, 0.1) is 6.04 Å². The van der Waals surface area contributed by atoms with Crippen LogP contribution in [0.4, 0.5) is 5.69 Å². The summed E-state index contributed by atoms with van der Waals surface area (Å²) >= 11 is 0. The first-order valence-electron chi connectivity index (χ1n) is 11.5. The van der Waals surface area contributed by atoms with Crippen molar-refractivity contribution in [2.45, 2.75) is 57.4 Å². The molecule has 1 amide bonds. The molecule has 3 aliphatic rings. The fraction of sp³-hybridized carbons (Fsp3) is 0.500. The first-order chi connectivity index (χ1) is 14.3. The van der Waals surface area contributed by atoms with Gasteiger partial charge in [-0.2, -0.15) is 0 Å². The van der Waals surface area contributed by atoms with Crippen LogP contribution in [-0.4, -0.2) is 12.5 Å². The lowest BCUT2D eigenvalue weighted by molar-refractivity contribution is 0.0952. The number of carbonyl (C=O) groups excluding carboxylic acids is 1. The van der Waals surface area contributed by atoms with Crippen LogP contribution in [0, 0.1) is 17.8 Å². The molecule has 2 bridgehead atoms. The van der Waals surface area contributed by atoms with E-state index in [4.69, 9.17) is 0 Å². The third-order valence-electron chi connectivity index (χ3n) is 7.57. The van der Waals surface area contributed by atoms with E-state index in [1.807, 2.05) is 6.07 Å². The molecule has 0 unspecified atom stereocenters. The smallest absolute Gasteiger partial charge is 0.251 e. The van der Waals surface area contributed by atoms with Gasteiger partial charge >= 0.3 is 0 Å². The second kappa shape index (κ2) is 7.85. The van der Waals surface area contributed by atoms with Crippen molar-refractivity contribution in [3.8, 4) is 0 Å². The van der Waals surface area contributed by atoms with Crippen molar-refractivity contribution in [3.63, 3.8) is 0 Å². The van der Waals surface area contributed by atoms with Gasteiger partial charge in [0.15, 0.2) is 0 Å². The normalized spacial score (nSPS) is 29.1. The van der Waals surface area contributed by atoms with Crippen molar-refractivity contribution in [1.82, 2.24) is 5.32 Å². The number of anilines is 1. The summed E-state index contributed by atoms with van der Waals surface area (Å²) in [5.74, 6) is 2.89. The predicted octanol–water partition coefficient (Wildman–Crippen LogP) is 5.90. The molecule has 0 saturated heterocycles. The van der Waals surface area contributed by atoms with E-state index in [9.17, 15) is 4.79 Å². The Bertz CT molecular complexity index is 878. The van der Waals surface area contributed by atoms with Crippen LogP contribution >= 0.6 is 0 Å². The molecule has 5 atom stereocenters. The summed E-state index contributed by atoms with van der Waals surface area (Å²) in [4.78, 5) is 12.7. The molecule has 5 rings (SSSR count). The summed E-state index contributed by atoms with van der Waals surface area (Å²) in [6.45, 7) is 2.96. The Morgan fingerprint density at radius 3 is 2.72 bits per heavy atom. The predicted molar refractivity (Wildman–Crippen MR) is 118 cm³/mol. The second-order valence-corrected chi connectivity index (χ2v) is 9.23. The van der Waals surface area contributed by atoms with Gasteiger partial charge in [-0.1, -0.05) is 50.1 Å². The quantitative estimate of drug-likeness (QED) is 0.605. The van der Waals surface area contributed by atoms with Crippen molar-refractivity contribution in [1.29, 1.82) is 0 Å². The van der Waals surface area contributed by atoms with Crippen LogP contribution < -0.4 is 10.6 Å². The molecule has 2 aliphatic carbocycles. The third kappa shape index (κ3) is 3.35. The molecule has 3 heteroatoms. The average Bonchev–Trinajstić information content (AvgIpc) is 3.39. The topological polar surface area (TPSA) is 41.1 Å². The molecule has 1 heterocycles. The fourth-order valence-electron chi connectivity index (χ4n) is 6.30. The van der Waals surface area contributed by atoms with E-state index < -0.39 is 0 Å². The number of fused-ring (bicyclic) bond motifs is 7. The summed E-state index contributed by atoms with van der Waals surface area (Å²) in [7, 11) is 0. The first kappa shape index (κ1) is 18.7. The van der Waals surface area contributed by atoms with Crippen LogP contribution in [0.3, 0.4) is 0 Å². The van der Waals surface area contributed by atoms with E-state index >= 15 is 0 Å². The zero-order valence-corrected chi connectivity index (χ0v) is 17.4. The Balaban J connectivity index is 1.44. The molecule has 2 N–H and O–H groups in total. The van der Waals surface area contributed by atoms with Crippen LogP contribution in [-0.2, 0) is 0 Å². The minimum absolute atomic E-state index is 0.0776. The number of hydrogen-bond donors (Lipinski definition) is 2. The summed E-state index contributed by atoms with van der Waals surface area (Å²) in [5.41, 5.74) is 4.84. The Hall–Kier alpha value is -2.29. The van der Waals surface area contributed by atoms with Crippen molar-refractivity contribution >= 4 is 11.6 Å². The zero-order chi connectivity index (χ0) is 19.8. The highest BCUT2D eigenvalue weighted by molar-refractivity contribution is 5.95. The molecule has 2 saturated carbocycles. The summed E-state index contributed by atoms with van der Waals surface area (Å²) in [6.07, 6.45) is 7.47. The number of unbranched alkanes of at least 4 members (excludes halogenated alkanes) is 2. The molecular formula is C26H32N2O. The molecule has 1 aliphatic heterocycles. The van der Waals surface area contributed by atoms with Gasteiger partial charge in [-0.15, -0.1) is 0 Å². The van der Waals surface area contributed by atoms with E-state index in [0.717, 1.165) is 30.4 Å². The standard InChI is InChI=1S/C26H32N2O/c1-2-3-7-14-27-26(29)20-12-13-22-21(16-20)23-18-10-11-19(15-18)24(23)25(28-22)17-8-5-4-6-9-17/h4-6,8-9,12-13,16,18-19,23-25,28H,2-3,7,10-11,14-15H2,1H3,(H,27,29)/t18-,19-,23-,24+,25-/m0/s1. The van der Waals surface area contributed by atoms with E-state index in [1.165, 1.54) is 48.9 Å². The average molecular weight is 389 g/mol. The van der Waals surface area contributed by atoms with E-state index in [-0.39, 0.29) is 5.91 Å². The number of nitrogens with one attached hydrogen (secondary N) is 2. The summed E-state index contributed by atoms with van der Waals surface area (Å²) < 4.78 is 0. The lowest BCUT2D eigenvalue weighted by atomic mass is 9.68. The molecule has 0 aromatic heterocycles. The van der Waals surface area contributed by atoms with Crippen LogP contribution in [0.25, 0.3) is 0 Å². The molecule has 3 nitrogen and oxygen atoms in total. The van der Waals surface area contributed by atoms with Gasteiger partial charge in [0.25, 0.3) is 5.91 Å². The van der Waals surface area contributed by atoms with E-state index in [1.54, 1.807) is 0 Å². The molecular weight excluding hydrogens is 356 g/mol. The summed E-state index contributed by atoms with van der Waals surface area (Å²) in [5, 5.41) is 6.97. The SMILES string of the molecule is CCCCCNC(=O)c1ccc2c(c1)[C@@H]1[C@H]3CC[C@@H](C3)[C@H]1[C@H](c1ccccc1)N2. The molecule has 2 fully saturated rings. The molecule has 2 aromatic carbocycles. The lowest BCUT2D eigenvalue weighted by Gasteiger charge is -2.43. The maximum Gasteiger partial charge on any atom is 0.251 e. The Kier molecular flexibility index (Phi) is 5.07. The van der Waals surface area contributed by atoms with E-state index in [0.29, 0.717) is 17.9 Å². The zero-order valence-electron chi connectivity index (χ0n) is 17.4. The number of amides is 1. The Labute approximate surface area is 174 Å². The molecule has 2 aromatic rings. The lowest BCUT2D eigenvalue weighted by Crippen LogP contribution is -2.35. The van der Waals surface area contributed by atoms with Gasteiger partial charge in [0.1, 0.15) is 0 Å². The fourth-order valence-corrected chi connectivity index (χ4v) is 6.30. The largest absolute Gasteiger partial charge is 0.378 e. The molecule has 0 radical (unpaired) electrons. The maximum absolute atomic E-state index is 12.7. The second-order valence-electron chi connectivity index (χ2n) is 9.23. The van der Waals surface area contributed by atoms with Crippen molar-refractivity contribution in [3.05, 3.63) is 65.2 Å². The molecule has 0 spiro atoms. The van der Waals surface area contributed by atoms with E-state index in [2.05, 4.69) is 60.0 Å². The van der Waals surface area contributed by atoms with Crippen molar-refractivity contribution in [2.24, 2.45) is 17.8 Å². The number of rotatable bonds is 6. The van der Waals surface area contributed by atoms with Gasteiger partial charge in [-0.3, -0.25) is 4.79 Å². The monoisotopic (exact) mass is 388 g/mol. The number of hydrogen-bond acceptors (Lipinski definition) is 2. The maximum atomic E-state index is 12.7. The first-order valence-corrected chi connectivity index (χ1v) is 11.5. The van der Waals surface area contributed by atoms with Gasteiger partial charge in [-0.25, -0.2) is 0 Å². The highest BCUT2D eigenvalue weighted by atomic mass is 16.1. The van der Waals surface area contributed by atoms with Gasteiger partial charge < -0.3 is 10.6 Å². The minimum atomic E-state index is 0.0776. The van der Waals surface area contributed by atoms with Crippen LogP contribution in [0.1, 0.15) is 78.9 Å². The Morgan fingerprint density at radius 1 is 1.07 bits per heavy atom. The Morgan fingerprint density at radius 2 is 1.90 bits per heavy atom.